The summed E-state index contributed by atoms with van der Waals surface area (Å²) in [6.45, 7) is 0.551. The van der Waals surface area contributed by atoms with Crippen LogP contribution in [0.3, 0.4) is 0 Å². The van der Waals surface area contributed by atoms with Gasteiger partial charge in [-0.3, -0.25) is 9.78 Å². The first-order chi connectivity index (χ1) is 11.8. The van der Waals surface area contributed by atoms with Crippen molar-refractivity contribution in [3.63, 3.8) is 0 Å². The van der Waals surface area contributed by atoms with Gasteiger partial charge in [-0.05, 0) is 47.4 Å². The highest BCUT2D eigenvalue weighted by Crippen LogP contribution is 2.37. The van der Waals surface area contributed by atoms with E-state index in [-0.39, 0.29) is 5.91 Å². The van der Waals surface area contributed by atoms with E-state index in [0.717, 1.165) is 41.1 Å². The number of pyridine rings is 1. The lowest BCUT2D eigenvalue weighted by Crippen LogP contribution is -2.27. The summed E-state index contributed by atoms with van der Waals surface area (Å²) in [5, 5.41) is 15.1. The number of amides is 1. The maximum atomic E-state index is 12.8. The van der Waals surface area contributed by atoms with Crippen molar-refractivity contribution >= 4 is 17.2 Å². The predicted octanol–water partition coefficient (Wildman–Crippen LogP) is 1.58. The topological polar surface area (TPSA) is 85.6 Å². The molecule has 3 heterocycles. The molecule has 0 saturated carbocycles. The van der Waals surface area contributed by atoms with Gasteiger partial charge < -0.3 is 5.32 Å². The Bertz CT molecular complexity index is 843. The van der Waals surface area contributed by atoms with Gasteiger partial charge in [-0.2, -0.15) is 4.68 Å². The van der Waals surface area contributed by atoms with Crippen LogP contribution in [0.1, 0.15) is 32.9 Å². The molecule has 0 aliphatic heterocycles. The number of nitrogens with one attached hydrogen (secondary N) is 1. The Balaban J connectivity index is 1.53. The number of fused-ring (bicyclic) bond motifs is 1. The molecule has 7 nitrogen and oxygen atoms in total. The van der Waals surface area contributed by atoms with Crippen LogP contribution >= 0.6 is 11.3 Å². The number of rotatable bonds is 5. The summed E-state index contributed by atoms with van der Waals surface area (Å²) in [5.41, 5.74) is 2.84. The number of carbonyl (C=O) groups excluding carboxylic acids is 1. The van der Waals surface area contributed by atoms with E-state index in [4.69, 9.17) is 0 Å². The number of aryl methyl sites for hydroxylation is 1. The summed E-state index contributed by atoms with van der Waals surface area (Å²) in [4.78, 5) is 18.3. The first kappa shape index (κ1) is 14.9. The zero-order chi connectivity index (χ0) is 16.4. The predicted molar refractivity (Wildman–Crippen MR) is 89.3 cm³/mol. The van der Waals surface area contributed by atoms with E-state index in [0.29, 0.717) is 13.0 Å². The van der Waals surface area contributed by atoms with Gasteiger partial charge in [-0.1, -0.05) is 6.07 Å². The van der Waals surface area contributed by atoms with Gasteiger partial charge in [0, 0.05) is 29.7 Å². The largest absolute Gasteiger partial charge is 0.352 e. The molecule has 1 aliphatic carbocycles. The van der Waals surface area contributed by atoms with Crippen molar-refractivity contribution in [3.8, 4) is 5.00 Å². The molecule has 0 radical (unpaired) electrons. The molecule has 0 atom stereocenters. The highest BCUT2D eigenvalue weighted by atomic mass is 32.1. The van der Waals surface area contributed by atoms with Crippen molar-refractivity contribution in [1.82, 2.24) is 30.5 Å². The molecule has 0 spiro atoms. The Labute approximate surface area is 142 Å². The fraction of sp³-hybridized carbons (Fsp3) is 0.312. The van der Waals surface area contributed by atoms with Gasteiger partial charge in [0.1, 0.15) is 11.3 Å². The van der Waals surface area contributed by atoms with Crippen LogP contribution in [0.5, 0.6) is 0 Å². The van der Waals surface area contributed by atoms with Crippen LogP contribution in [0, 0.1) is 0 Å². The minimum Gasteiger partial charge on any atom is -0.352 e. The summed E-state index contributed by atoms with van der Waals surface area (Å²) in [6.07, 6.45) is 7.07. The van der Waals surface area contributed by atoms with Crippen LogP contribution < -0.4 is 5.32 Å². The van der Waals surface area contributed by atoms with Crippen molar-refractivity contribution < 1.29 is 4.79 Å². The summed E-state index contributed by atoms with van der Waals surface area (Å²) in [7, 11) is 0. The number of thiophene rings is 1. The number of tetrazole rings is 1. The lowest BCUT2D eigenvalue weighted by atomic mass is 10.1. The molecule has 0 bridgehead atoms. The smallest absolute Gasteiger partial charge is 0.254 e. The first-order valence-electron chi connectivity index (χ1n) is 7.89. The molecule has 1 aliphatic rings. The molecular weight excluding hydrogens is 324 g/mol. The zero-order valence-electron chi connectivity index (χ0n) is 13.0. The van der Waals surface area contributed by atoms with E-state index in [1.165, 1.54) is 11.2 Å². The zero-order valence-corrected chi connectivity index (χ0v) is 13.8. The maximum absolute atomic E-state index is 12.8. The highest BCUT2D eigenvalue weighted by Gasteiger charge is 2.27. The molecule has 4 rings (SSSR count). The van der Waals surface area contributed by atoms with E-state index < -0.39 is 0 Å². The normalized spacial score (nSPS) is 13.0. The van der Waals surface area contributed by atoms with E-state index >= 15 is 0 Å². The van der Waals surface area contributed by atoms with Crippen LogP contribution in [0.4, 0.5) is 0 Å². The second-order valence-corrected chi connectivity index (χ2v) is 6.70. The summed E-state index contributed by atoms with van der Waals surface area (Å²) in [5.74, 6) is -0.0594. The van der Waals surface area contributed by atoms with Gasteiger partial charge in [-0.25, -0.2) is 0 Å². The second kappa shape index (κ2) is 6.48. The Morgan fingerprint density at radius 1 is 1.33 bits per heavy atom. The maximum Gasteiger partial charge on any atom is 0.254 e. The molecule has 122 valence electrons. The van der Waals surface area contributed by atoms with Gasteiger partial charge in [0.05, 0.1) is 5.56 Å². The standard InChI is InChI=1S/C16H16N6OS/c23-15(18-9-7-11-4-1-2-8-17-11)14-12-5-3-6-13(12)24-16(14)22-10-19-20-21-22/h1-2,4,8,10H,3,5-7,9H2,(H,18,23). The third kappa shape index (κ3) is 2.80. The number of carbonyl (C=O) groups is 1. The third-order valence-corrected chi connectivity index (χ3v) is 5.36. The van der Waals surface area contributed by atoms with E-state index in [1.54, 1.807) is 22.2 Å². The number of nitrogens with zero attached hydrogens (tertiary/aromatic N) is 5. The molecule has 3 aromatic heterocycles. The molecule has 8 heteroatoms. The lowest BCUT2D eigenvalue weighted by molar-refractivity contribution is 0.0953. The average Bonchev–Trinajstić information content (AvgIpc) is 3.31. The van der Waals surface area contributed by atoms with Crippen LogP contribution in [0.2, 0.25) is 0 Å². The Morgan fingerprint density at radius 3 is 3.08 bits per heavy atom. The summed E-state index contributed by atoms with van der Waals surface area (Å²) >= 11 is 1.61. The number of hydrogen-bond acceptors (Lipinski definition) is 6. The van der Waals surface area contributed by atoms with Crippen LogP contribution in [-0.2, 0) is 19.3 Å². The van der Waals surface area contributed by atoms with Gasteiger partial charge in [-0.15, -0.1) is 16.4 Å². The van der Waals surface area contributed by atoms with Crippen LogP contribution in [-0.4, -0.2) is 37.6 Å². The third-order valence-electron chi connectivity index (χ3n) is 4.08. The van der Waals surface area contributed by atoms with Crippen molar-refractivity contribution in [2.75, 3.05) is 6.54 Å². The second-order valence-electron chi connectivity index (χ2n) is 5.62. The summed E-state index contributed by atoms with van der Waals surface area (Å²) < 4.78 is 1.58. The molecule has 1 N–H and O–H groups in total. The van der Waals surface area contributed by atoms with Gasteiger partial charge >= 0.3 is 0 Å². The average molecular weight is 340 g/mol. The van der Waals surface area contributed by atoms with Crippen molar-refractivity contribution in [1.29, 1.82) is 0 Å². The van der Waals surface area contributed by atoms with Crippen molar-refractivity contribution in [2.24, 2.45) is 0 Å². The molecule has 0 fully saturated rings. The number of hydrogen-bond donors (Lipinski definition) is 1. The fourth-order valence-electron chi connectivity index (χ4n) is 2.98. The number of aromatic nitrogens is 5. The van der Waals surface area contributed by atoms with Crippen LogP contribution in [0.25, 0.3) is 5.00 Å². The fourth-order valence-corrected chi connectivity index (χ4v) is 4.28. The SMILES string of the molecule is O=C(NCCc1ccccn1)c1c(-n2cnnn2)sc2c1CCC2. The van der Waals surface area contributed by atoms with E-state index in [9.17, 15) is 4.79 Å². The van der Waals surface area contributed by atoms with Crippen molar-refractivity contribution in [2.45, 2.75) is 25.7 Å². The quantitative estimate of drug-likeness (QED) is 0.762. The minimum atomic E-state index is -0.0594. The Morgan fingerprint density at radius 2 is 2.29 bits per heavy atom. The summed E-state index contributed by atoms with van der Waals surface area (Å²) in [6, 6.07) is 5.79. The Kier molecular flexibility index (Phi) is 4.04. The van der Waals surface area contributed by atoms with Gasteiger partial charge in [0.2, 0.25) is 0 Å². The molecule has 24 heavy (non-hydrogen) atoms. The highest BCUT2D eigenvalue weighted by molar-refractivity contribution is 7.15. The molecule has 0 unspecified atom stereocenters. The first-order valence-corrected chi connectivity index (χ1v) is 8.70. The minimum absolute atomic E-state index is 0.0594. The molecule has 1 amide bonds. The Hall–Kier alpha value is -2.61. The van der Waals surface area contributed by atoms with Gasteiger partial charge in [0.15, 0.2) is 0 Å². The molecular formula is C16H16N6OS. The molecule has 3 aromatic rings. The van der Waals surface area contributed by atoms with Gasteiger partial charge in [0.25, 0.3) is 5.91 Å². The van der Waals surface area contributed by atoms with Crippen LogP contribution in [0.15, 0.2) is 30.7 Å². The van der Waals surface area contributed by atoms with E-state index in [2.05, 4.69) is 25.8 Å². The van der Waals surface area contributed by atoms with Crippen molar-refractivity contribution in [3.05, 3.63) is 52.4 Å². The lowest BCUT2D eigenvalue weighted by Gasteiger charge is -2.07. The molecule has 0 aromatic carbocycles. The van der Waals surface area contributed by atoms with E-state index in [1.807, 2.05) is 18.2 Å². The molecule has 0 saturated heterocycles. The monoisotopic (exact) mass is 340 g/mol.